The summed E-state index contributed by atoms with van der Waals surface area (Å²) in [5.41, 5.74) is 6.59. The van der Waals surface area contributed by atoms with Gasteiger partial charge in [0, 0.05) is 57.4 Å². The number of hydroxylamine groups is 2. The number of carboxylic acid groups (broad SMARTS) is 1. The van der Waals surface area contributed by atoms with Crippen molar-refractivity contribution in [1.82, 2.24) is 21.0 Å². The number of nitrogens with one attached hydrogen (secondary N) is 3. The number of fused-ring (bicyclic) bond motifs is 2. The zero-order valence-electron chi connectivity index (χ0n) is 32.8. The summed E-state index contributed by atoms with van der Waals surface area (Å²) in [6, 6.07) is 18.0. The highest BCUT2D eigenvalue weighted by Crippen LogP contribution is 2.61. The first-order valence-corrected chi connectivity index (χ1v) is 19.2. The molecule has 1 heterocycles. The maximum Gasteiger partial charge on any atom is 0.335 e. The van der Waals surface area contributed by atoms with Crippen LogP contribution >= 0.6 is 0 Å². The van der Waals surface area contributed by atoms with Gasteiger partial charge < -0.3 is 31.1 Å². The summed E-state index contributed by atoms with van der Waals surface area (Å²) >= 11 is 0. The molecule has 0 spiro atoms. The number of anilines is 1. The van der Waals surface area contributed by atoms with E-state index < -0.39 is 30.1 Å². The average Bonchev–Trinajstić information content (AvgIpc) is 3.50. The second-order valence-electron chi connectivity index (χ2n) is 16.5. The van der Waals surface area contributed by atoms with E-state index in [9.17, 15) is 24.6 Å². The molecule has 54 heavy (non-hydrogen) atoms. The minimum atomic E-state index is -0.987. The second-order valence-corrected chi connectivity index (χ2v) is 16.5. The van der Waals surface area contributed by atoms with Crippen molar-refractivity contribution >= 4 is 23.5 Å². The third-order valence-corrected chi connectivity index (χ3v) is 12.7. The summed E-state index contributed by atoms with van der Waals surface area (Å²) in [7, 11) is 5.51. The Labute approximate surface area is 319 Å². The molecule has 8 atom stereocenters. The molecule has 11 heteroatoms. The van der Waals surface area contributed by atoms with Crippen LogP contribution in [0.1, 0.15) is 77.9 Å². The number of carboxylic acids is 1. The third kappa shape index (κ3) is 7.77. The number of aliphatic hydroxyl groups excluding tert-OH is 1. The maximum atomic E-state index is 14.5. The molecule has 0 radical (unpaired) electrons. The van der Waals surface area contributed by atoms with Crippen LogP contribution < -0.4 is 20.9 Å². The predicted octanol–water partition coefficient (Wildman–Crippen LogP) is 5.24. The number of aromatic carboxylic acids is 1. The highest BCUT2D eigenvalue weighted by atomic mass is 16.7. The molecule has 11 nitrogen and oxygen atoms in total. The Morgan fingerprint density at radius 2 is 1.78 bits per heavy atom. The molecule has 0 unspecified atom stereocenters. The average molecular weight is 740 g/mol. The van der Waals surface area contributed by atoms with Gasteiger partial charge in [-0.2, -0.15) is 5.06 Å². The first-order valence-electron chi connectivity index (χ1n) is 19.2. The van der Waals surface area contributed by atoms with E-state index in [0.29, 0.717) is 43.0 Å². The van der Waals surface area contributed by atoms with E-state index in [-0.39, 0.29) is 28.8 Å². The molecule has 290 valence electrons. The standard InChI is InChI=1S/C43H57N5O6/c1-24-29(13-10-14-34(24)30-16-31(40(50)44-6)18-33(17-30)47(7)8)23-48-39(41(51)46-36-20-32-19-35(25(36)2)43(32,4)5)38(26(3)49)37(54-48)22-45-21-27-11-9-12-28(15-27)42(52)53/h9-18,25-26,32,35-39,45,49H,19-23H2,1-8H3,(H,44,50)(H,46,51)(H,52,53)/t25-,26-,32+,35-,36-,37-,38+,39-/m0/s1. The third-order valence-electron chi connectivity index (χ3n) is 12.7. The highest BCUT2D eigenvalue weighted by molar-refractivity contribution is 5.97. The monoisotopic (exact) mass is 739 g/mol. The van der Waals surface area contributed by atoms with Crippen LogP contribution in [0.4, 0.5) is 5.69 Å². The van der Waals surface area contributed by atoms with Crippen LogP contribution in [0.3, 0.4) is 0 Å². The number of carbonyl (C=O) groups is 3. The Balaban J connectivity index is 1.29. The van der Waals surface area contributed by atoms with Crippen LogP contribution in [0.15, 0.2) is 60.7 Å². The number of rotatable bonds is 13. The zero-order valence-corrected chi connectivity index (χ0v) is 32.8. The molecule has 1 saturated heterocycles. The van der Waals surface area contributed by atoms with E-state index in [1.165, 1.54) is 6.42 Å². The van der Waals surface area contributed by atoms with Crippen LogP contribution in [-0.4, -0.2) is 85.0 Å². The van der Waals surface area contributed by atoms with Crippen molar-refractivity contribution in [1.29, 1.82) is 0 Å². The van der Waals surface area contributed by atoms with Crippen LogP contribution in [0.25, 0.3) is 11.1 Å². The summed E-state index contributed by atoms with van der Waals surface area (Å²) in [6.45, 7) is 11.7. The molecule has 3 aromatic rings. The Morgan fingerprint density at radius 3 is 2.43 bits per heavy atom. The number of aliphatic hydroxyl groups is 1. The van der Waals surface area contributed by atoms with E-state index in [1.807, 2.05) is 62.3 Å². The van der Waals surface area contributed by atoms with Crippen molar-refractivity contribution in [3.8, 4) is 11.1 Å². The molecule has 4 fully saturated rings. The molecule has 7 rings (SSSR count). The predicted molar refractivity (Wildman–Crippen MR) is 210 cm³/mol. The summed E-state index contributed by atoms with van der Waals surface area (Å²) < 4.78 is 0. The Kier molecular flexibility index (Phi) is 11.5. The van der Waals surface area contributed by atoms with Gasteiger partial charge in [0.05, 0.1) is 24.3 Å². The van der Waals surface area contributed by atoms with Gasteiger partial charge in [-0.3, -0.25) is 14.4 Å². The van der Waals surface area contributed by atoms with Gasteiger partial charge in [0.15, 0.2) is 0 Å². The van der Waals surface area contributed by atoms with Gasteiger partial charge >= 0.3 is 5.97 Å². The first kappa shape index (κ1) is 39.4. The lowest BCUT2D eigenvalue weighted by Crippen LogP contribution is -2.62. The van der Waals surface area contributed by atoms with Gasteiger partial charge in [0.2, 0.25) is 5.91 Å². The molecule has 3 saturated carbocycles. The van der Waals surface area contributed by atoms with E-state index >= 15 is 0 Å². The fourth-order valence-corrected chi connectivity index (χ4v) is 9.31. The number of hydrogen-bond donors (Lipinski definition) is 5. The van der Waals surface area contributed by atoms with Crippen LogP contribution in [-0.2, 0) is 22.7 Å². The van der Waals surface area contributed by atoms with Gasteiger partial charge in [0.1, 0.15) is 6.04 Å². The summed E-state index contributed by atoms with van der Waals surface area (Å²) in [5.74, 6) is -0.366. The van der Waals surface area contributed by atoms with Gasteiger partial charge in [0.25, 0.3) is 5.91 Å². The van der Waals surface area contributed by atoms with E-state index in [4.69, 9.17) is 4.84 Å². The zero-order chi connectivity index (χ0) is 39.1. The van der Waals surface area contributed by atoms with Crippen molar-refractivity contribution < 1.29 is 29.4 Å². The maximum absolute atomic E-state index is 14.5. The lowest BCUT2D eigenvalue weighted by atomic mass is 9.45. The van der Waals surface area contributed by atoms with Crippen LogP contribution in [0.5, 0.6) is 0 Å². The molecule has 4 aliphatic rings. The summed E-state index contributed by atoms with van der Waals surface area (Å²) in [5, 5.41) is 32.1. The van der Waals surface area contributed by atoms with E-state index in [0.717, 1.165) is 39.9 Å². The molecule has 1 aliphatic heterocycles. The van der Waals surface area contributed by atoms with E-state index in [2.05, 4.69) is 42.8 Å². The van der Waals surface area contributed by atoms with Gasteiger partial charge in [-0.05, 0) is 108 Å². The lowest BCUT2D eigenvalue weighted by molar-refractivity contribution is -0.176. The number of amides is 2. The molecule has 2 bridgehead atoms. The Morgan fingerprint density at radius 1 is 1.04 bits per heavy atom. The smallest absolute Gasteiger partial charge is 0.335 e. The summed E-state index contributed by atoms with van der Waals surface area (Å²) in [4.78, 5) is 47.5. The molecule has 3 aromatic carbocycles. The van der Waals surface area contributed by atoms with Crippen LogP contribution in [0, 0.1) is 36.0 Å². The number of benzene rings is 3. The van der Waals surface area contributed by atoms with Gasteiger partial charge in [-0.1, -0.05) is 51.1 Å². The van der Waals surface area contributed by atoms with E-state index in [1.54, 1.807) is 37.2 Å². The summed E-state index contributed by atoms with van der Waals surface area (Å²) in [6.07, 6.45) is 0.758. The number of carbonyl (C=O) groups excluding carboxylic acids is 2. The number of nitrogens with zero attached hydrogens (tertiary/aromatic N) is 2. The fraction of sp³-hybridized carbons (Fsp3) is 0.512. The van der Waals surface area contributed by atoms with Crippen molar-refractivity contribution in [3.63, 3.8) is 0 Å². The highest BCUT2D eigenvalue weighted by Gasteiger charge is 2.57. The quantitative estimate of drug-likeness (QED) is 0.159. The number of hydrogen-bond acceptors (Lipinski definition) is 8. The van der Waals surface area contributed by atoms with Crippen molar-refractivity contribution in [2.24, 2.45) is 29.1 Å². The minimum Gasteiger partial charge on any atom is -0.478 e. The van der Waals surface area contributed by atoms with Gasteiger partial charge in [-0.15, -0.1) is 0 Å². The fourth-order valence-electron chi connectivity index (χ4n) is 9.31. The van der Waals surface area contributed by atoms with Crippen molar-refractivity contribution in [2.45, 2.75) is 84.8 Å². The lowest BCUT2D eigenvalue weighted by Gasteiger charge is -2.62. The Hall–Kier alpha value is -4.29. The molecule has 0 aromatic heterocycles. The van der Waals surface area contributed by atoms with Gasteiger partial charge in [-0.25, -0.2) is 4.79 Å². The largest absolute Gasteiger partial charge is 0.478 e. The molecule has 3 aliphatic carbocycles. The second kappa shape index (κ2) is 15.8. The topological polar surface area (TPSA) is 143 Å². The SMILES string of the molecule is CNC(=O)c1cc(-c2cccc(CN3O[C@@H](CNCc4cccc(C(=O)O)c4)[C@@H]([C@H](C)O)[C@H]3C(=O)N[C@H]3C[C@H]4C[C@@H]([C@@H]3C)C4(C)C)c2C)cc(N(C)C)c1. The first-order chi connectivity index (χ1) is 25.6. The van der Waals surface area contributed by atoms with Crippen molar-refractivity contribution in [2.75, 3.05) is 32.6 Å². The molecule has 5 N–H and O–H groups in total. The minimum absolute atomic E-state index is 0.0491. The molecule has 2 amide bonds. The van der Waals surface area contributed by atoms with Crippen molar-refractivity contribution in [3.05, 3.63) is 88.5 Å². The molecular formula is C43H57N5O6. The van der Waals surface area contributed by atoms with Crippen LogP contribution in [0.2, 0.25) is 0 Å². The Bertz CT molecular complexity index is 1880. The molecular weight excluding hydrogens is 683 g/mol. The normalized spacial score (nSPS) is 26.4.